The summed E-state index contributed by atoms with van der Waals surface area (Å²) in [6.45, 7) is 7.85. The van der Waals surface area contributed by atoms with Crippen LogP contribution in [0.1, 0.15) is 54.4 Å². The first-order chi connectivity index (χ1) is 19.9. The fraction of sp³-hybridized carbons (Fsp3) is 0.559. The van der Waals surface area contributed by atoms with E-state index < -0.39 is 5.60 Å². The van der Waals surface area contributed by atoms with Gasteiger partial charge in [0, 0.05) is 30.7 Å². The molecular formula is C34H44N4O3. The fourth-order valence-electron chi connectivity index (χ4n) is 8.19. The minimum Gasteiger partial charge on any atom is -0.508 e. The minimum absolute atomic E-state index is 0.121. The average molecular weight is 557 g/mol. The van der Waals surface area contributed by atoms with Gasteiger partial charge < -0.3 is 14.9 Å². The van der Waals surface area contributed by atoms with E-state index in [4.69, 9.17) is 4.74 Å². The van der Waals surface area contributed by atoms with Crippen molar-refractivity contribution in [2.24, 2.45) is 5.92 Å². The number of likely N-dealkylation sites (tertiary alicyclic amines) is 2. The molecule has 0 amide bonds. The van der Waals surface area contributed by atoms with E-state index in [0.29, 0.717) is 19.0 Å². The Balaban J connectivity index is 1.18. The number of aromatic nitrogens is 2. The Labute approximate surface area is 243 Å². The van der Waals surface area contributed by atoms with Gasteiger partial charge in [0.15, 0.2) is 0 Å². The van der Waals surface area contributed by atoms with Gasteiger partial charge in [0.1, 0.15) is 5.75 Å². The zero-order valence-corrected chi connectivity index (χ0v) is 24.3. The standard InChI is InChI=1S/C34H44N4O3/c1-25-19-35-38(20-25)22-29(24-41-23-27-5-3-2-4-6-27)36-14-11-33-12-15-37(21-26-7-8-26)32(34(33,40)13-16-36)17-28-9-10-30(39)18-31(28)33/h2-6,9-10,18-20,26,29,32,39-40H,7-8,11-17,21-24H2,1H3. The molecular weight excluding hydrogens is 512 g/mol. The van der Waals surface area contributed by atoms with Crippen molar-refractivity contribution >= 4 is 0 Å². The lowest BCUT2D eigenvalue weighted by Gasteiger charge is -2.61. The second-order valence-electron chi connectivity index (χ2n) is 13.2. The first kappa shape index (κ1) is 27.1. The molecule has 0 radical (unpaired) electrons. The number of nitrogens with zero attached hydrogens (tertiary/aromatic N) is 4. The lowest BCUT2D eigenvalue weighted by molar-refractivity contribution is -0.149. The monoisotopic (exact) mass is 556 g/mol. The highest BCUT2D eigenvalue weighted by Gasteiger charge is 2.63. The first-order valence-corrected chi connectivity index (χ1v) is 15.6. The summed E-state index contributed by atoms with van der Waals surface area (Å²) in [5.41, 5.74) is 3.65. The number of benzene rings is 2. The van der Waals surface area contributed by atoms with Crippen LogP contribution in [0.2, 0.25) is 0 Å². The molecule has 4 atom stereocenters. The number of aliphatic hydroxyl groups is 1. The van der Waals surface area contributed by atoms with Crippen molar-refractivity contribution in [2.75, 3.05) is 32.8 Å². The summed E-state index contributed by atoms with van der Waals surface area (Å²) in [4.78, 5) is 5.17. The molecule has 2 aliphatic heterocycles. The second kappa shape index (κ2) is 10.8. The third-order valence-electron chi connectivity index (χ3n) is 10.6. The number of hydrogen-bond acceptors (Lipinski definition) is 6. The number of aromatic hydroxyl groups is 1. The van der Waals surface area contributed by atoms with E-state index in [1.54, 1.807) is 0 Å². The Kier molecular flexibility index (Phi) is 7.18. The molecule has 3 fully saturated rings. The van der Waals surface area contributed by atoms with Crippen molar-refractivity contribution < 1.29 is 14.9 Å². The van der Waals surface area contributed by atoms with Gasteiger partial charge in [-0.2, -0.15) is 5.10 Å². The van der Waals surface area contributed by atoms with Crippen molar-refractivity contribution in [3.63, 3.8) is 0 Å². The van der Waals surface area contributed by atoms with Gasteiger partial charge in [-0.05, 0) is 98.8 Å². The Morgan fingerprint density at radius 2 is 1.85 bits per heavy atom. The molecule has 2 aliphatic carbocycles. The van der Waals surface area contributed by atoms with Crippen molar-refractivity contribution in [1.82, 2.24) is 19.6 Å². The highest BCUT2D eigenvalue weighted by molar-refractivity contribution is 5.48. The second-order valence-corrected chi connectivity index (χ2v) is 13.2. The van der Waals surface area contributed by atoms with E-state index in [1.807, 2.05) is 29.1 Å². The Morgan fingerprint density at radius 1 is 1.05 bits per heavy atom. The first-order valence-electron chi connectivity index (χ1n) is 15.6. The Bertz CT molecular complexity index is 1360. The minimum atomic E-state index is -0.826. The molecule has 4 unspecified atom stereocenters. The average Bonchev–Trinajstić information content (AvgIpc) is 3.72. The van der Waals surface area contributed by atoms with Gasteiger partial charge in [-0.25, -0.2) is 0 Å². The molecule has 3 heterocycles. The summed E-state index contributed by atoms with van der Waals surface area (Å²) >= 11 is 0. The molecule has 218 valence electrons. The topological polar surface area (TPSA) is 74.0 Å². The fourth-order valence-corrected chi connectivity index (χ4v) is 8.19. The lowest BCUT2D eigenvalue weighted by atomic mass is 9.52. The van der Waals surface area contributed by atoms with Crippen LogP contribution in [0.4, 0.5) is 0 Å². The molecule has 0 spiro atoms. The van der Waals surface area contributed by atoms with Crippen molar-refractivity contribution in [2.45, 2.75) is 81.7 Å². The number of piperidine rings is 1. The van der Waals surface area contributed by atoms with Crippen LogP contribution in [0.5, 0.6) is 5.75 Å². The van der Waals surface area contributed by atoms with Gasteiger partial charge in [0.05, 0.1) is 37.6 Å². The van der Waals surface area contributed by atoms with E-state index in [1.165, 1.54) is 29.5 Å². The zero-order valence-electron chi connectivity index (χ0n) is 24.3. The number of fused-ring (bicyclic) bond motifs is 1. The van der Waals surface area contributed by atoms with Crippen molar-refractivity contribution in [1.29, 1.82) is 0 Å². The van der Waals surface area contributed by atoms with Crippen molar-refractivity contribution in [3.05, 3.63) is 83.2 Å². The predicted molar refractivity (Wildman–Crippen MR) is 159 cm³/mol. The number of phenolic OH excluding ortho intramolecular Hbond substituents is 1. The van der Waals surface area contributed by atoms with Gasteiger partial charge in [-0.1, -0.05) is 36.4 Å². The maximum absolute atomic E-state index is 12.9. The molecule has 2 saturated heterocycles. The van der Waals surface area contributed by atoms with Crippen LogP contribution in [0, 0.1) is 12.8 Å². The van der Waals surface area contributed by atoms with Crippen LogP contribution in [0.3, 0.4) is 0 Å². The van der Waals surface area contributed by atoms with Crippen molar-refractivity contribution in [3.8, 4) is 5.75 Å². The molecule has 7 rings (SSSR count). The molecule has 2 N–H and O–H groups in total. The molecule has 7 heteroatoms. The van der Waals surface area contributed by atoms with Crippen LogP contribution < -0.4 is 0 Å². The van der Waals surface area contributed by atoms with Crippen LogP contribution in [0.25, 0.3) is 0 Å². The van der Waals surface area contributed by atoms with E-state index in [-0.39, 0.29) is 17.5 Å². The van der Waals surface area contributed by atoms with Crippen LogP contribution in [-0.4, -0.2) is 80.3 Å². The van der Waals surface area contributed by atoms with E-state index in [2.05, 4.69) is 58.4 Å². The summed E-state index contributed by atoms with van der Waals surface area (Å²) in [6, 6.07) is 16.5. The normalized spacial score (nSPS) is 29.0. The molecule has 2 bridgehead atoms. The van der Waals surface area contributed by atoms with Gasteiger partial charge in [-0.3, -0.25) is 14.5 Å². The summed E-state index contributed by atoms with van der Waals surface area (Å²) in [6.07, 6.45) is 10.1. The molecule has 1 saturated carbocycles. The number of rotatable bonds is 9. The number of aryl methyl sites for hydroxylation is 1. The smallest absolute Gasteiger partial charge is 0.115 e. The number of ether oxygens (including phenoxy) is 1. The quantitative estimate of drug-likeness (QED) is 0.410. The molecule has 3 aromatic rings. The summed E-state index contributed by atoms with van der Waals surface area (Å²) in [7, 11) is 0. The van der Waals surface area contributed by atoms with Crippen LogP contribution >= 0.6 is 0 Å². The van der Waals surface area contributed by atoms with E-state index in [0.717, 1.165) is 69.9 Å². The molecule has 7 nitrogen and oxygen atoms in total. The third kappa shape index (κ3) is 5.11. The van der Waals surface area contributed by atoms with Crippen LogP contribution in [0.15, 0.2) is 60.9 Å². The predicted octanol–water partition coefficient (Wildman–Crippen LogP) is 4.29. The van der Waals surface area contributed by atoms with Gasteiger partial charge >= 0.3 is 0 Å². The van der Waals surface area contributed by atoms with Gasteiger partial charge in [-0.15, -0.1) is 0 Å². The Hall–Kier alpha value is -2.71. The van der Waals surface area contributed by atoms with Gasteiger partial charge in [0.25, 0.3) is 0 Å². The Morgan fingerprint density at radius 3 is 2.63 bits per heavy atom. The van der Waals surface area contributed by atoms with Gasteiger partial charge in [0.2, 0.25) is 0 Å². The number of phenols is 1. The number of hydrogen-bond donors (Lipinski definition) is 2. The molecule has 41 heavy (non-hydrogen) atoms. The SMILES string of the molecule is Cc1cnn(CC(COCc2ccccc2)N2CCC34CCN(CC5CC5)C(Cc5ccc(O)cc53)C4(O)CC2)c1. The molecule has 2 aromatic carbocycles. The molecule has 1 aromatic heterocycles. The summed E-state index contributed by atoms with van der Waals surface area (Å²) in [5.74, 6) is 1.10. The maximum Gasteiger partial charge on any atom is 0.115 e. The lowest BCUT2D eigenvalue weighted by Crippen LogP contribution is -2.71. The highest BCUT2D eigenvalue weighted by atomic mass is 16.5. The third-order valence-corrected chi connectivity index (χ3v) is 10.6. The maximum atomic E-state index is 12.9. The summed E-state index contributed by atoms with van der Waals surface area (Å²) in [5, 5.41) is 28.1. The molecule has 4 aliphatic rings. The zero-order chi connectivity index (χ0) is 28.0. The van der Waals surface area contributed by atoms with E-state index in [9.17, 15) is 10.2 Å². The largest absolute Gasteiger partial charge is 0.508 e. The van der Waals surface area contributed by atoms with E-state index >= 15 is 0 Å². The summed E-state index contributed by atoms with van der Waals surface area (Å²) < 4.78 is 8.38. The highest BCUT2D eigenvalue weighted by Crippen LogP contribution is 2.56. The van der Waals surface area contributed by atoms with Crippen LogP contribution in [-0.2, 0) is 29.7 Å².